The number of carbonyl (C=O) groups excluding carboxylic acids is 1. The Morgan fingerprint density at radius 3 is 2.56 bits per heavy atom. The van der Waals surface area contributed by atoms with Crippen molar-refractivity contribution in [3.8, 4) is 0 Å². The molecule has 0 spiro atoms. The van der Waals surface area contributed by atoms with Crippen molar-refractivity contribution in [1.82, 2.24) is 4.90 Å². The van der Waals surface area contributed by atoms with Gasteiger partial charge in [-0.15, -0.1) is 0 Å². The van der Waals surface area contributed by atoms with Gasteiger partial charge in [-0.05, 0) is 50.0 Å². The number of nitrogens with two attached hydrogens (primary N) is 1. The van der Waals surface area contributed by atoms with E-state index in [1.807, 2.05) is 11.8 Å². The molecule has 3 rings (SSSR count). The normalized spacial score (nSPS) is 30.2. The van der Waals surface area contributed by atoms with Gasteiger partial charge in [0, 0.05) is 19.0 Å². The molecule has 2 fully saturated rings. The first-order valence-corrected chi connectivity index (χ1v) is 9.90. The minimum atomic E-state index is 0.0462. The Balaban J connectivity index is 1.49. The fraction of sp³-hybridized carbons (Fsp3) is 0.667. The number of nitrogens with zero attached hydrogens (tertiary/aromatic N) is 1. The summed E-state index contributed by atoms with van der Waals surface area (Å²) in [6.07, 6.45) is 7.42. The molecule has 1 aliphatic carbocycles. The number of hydrogen-bond donors (Lipinski definition) is 1. The average Bonchev–Trinajstić information content (AvgIpc) is 2.67. The summed E-state index contributed by atoms with van der Waals surface area (Å²) in [5, 5.41) is 0. The maximum absolute atomic E-state index is 12.2. The van der Waals surface area contributed by atoms with E-state index in [-0.39, 0.29) is 18.0 Å². The molecule has 0 aromatic heterocycles. The summed E-state index contributed by atoms with van der Waals surface area (Å²) in [5.74, 6) is 0.868. The lowest BCUT2D eigenvalue weighted by Gasteiger charge is -2.40. The molecule has 25 heavy (non-hydrogen) atoms. The number of piperidine rings is 1. The van der Waals surface area contributed by atoms with Crippen LogP contribution in [0.3, 0.4) is 0 Å². The van der Waals surface area contributed by atoms with Crippen LogP contribution in [0.1, 0.15) is 63.4 Å². The van der Waals surface area contributed by atoms with Crippen LogP contribution in [0.2, 0.25) is 0 Å². The molecule has 0 unspecified atom stereocenters. The maximum Gasteiger partial charge on any atom is 0.222 e. The summed E-state index contributed by atoms with van der Waals surface area (Å²) in [4.78, 5) is 14.2. The Morgan fingerprint density at radius 2 is 1.88 bits per heavy atom. The van der Waals surface area contributed by atoms with Crippen molar-refractivity contribution in [2.75, 3.05) is 13.2 Å². The lowest BCUT2D eigenvalue weighted by Crippen LogP contribution is -2.56. The number of ether oxygens (including phenoxy) is 1. The van der Waals surface area contributed by atoms with Crippen molar-refractivity contribution < 1.29 is 9.53 Å². The first kappa shape index (κ1) is 18.4. The predicted molar refractivity (Wildman–Crippen MR) is 100 cm³/mol. The highest BCUT2D eigenvalue weighted by Gasteiger charge is 2.33. The highest BCUT2D eigenvalue weighted by atomic mass is 16.5. The summed E-state index contributed by atoms with van der Waals surface area (Å²) in [6.45, 7) is 3.34. The third-order valence-corrected chi connectivity index (χ3v) is 5.90. The molecular formula is C21H32N2O2. The Kier molecular flexibility index (Phi) is 6.49. The van der Waals surface area contributed by atoms with Crippen molar-refractivity contribution >= 4 is 5.91 Å². The van der Waals surface area contributed by atoms with Crippen molar-refractivity contribution in [1.29, 1.82) is 0 Å². The van der Waals surface area contributed by atoms with E-state index < -0.39 is 0 Å². The summed E-state index contributed by atoms with van der Waals surface area (Å²) >= 11 is 0. The van der Waals surface area contributed by atoms with Crippen LogP contribution in [0.15, 0.2) is 30.3 Å². The topological polar surface area (TPSA) is 55.6 Å². The van der Waals surface area contributed by atoms with Crippen LogP contribution in [0, 0.1) is 0 Å². The fourth-order valence-corrected chi connectivity index (χ4v) is 4.34. The first-order valence-electron chi connectivity index (χ1n) is 9.90. The van der Waals surface area contributed by atoms with Gasteiger partial charge < -0.3 is 15.4 Å². The zero-order chi connectivity index (χ0) is 17.6. The van der Waals surface area contributed by atoms with Gasteiger partial charge >= 0.3 is 0 Å². The van der Waals surface area contributed by atoms with Crippen LogP contribution in [0.4, 0.5) is 0 Å². The highest BCUT2D eigenvalue weighted by molar-refractivity contribution is 5.76. The van der Waals surface area contributed by atoms with Gasteiger partial charge in [0.15, 0.2) is 0 Å². The zero-order valence-electron chi connectivity index (χ0n) is 15.4. The second-order valence-electron chi connectivity index (χ2n) is 7.53. The summed E-state index contributed by atoms with van der Waals surface area (Å²) in [7, 11) is 0. The smallest absolute Gasteiger partial charge is 0.222 e. The minimum absolute atomic E-state index is 0.0462. The molecule has 1 saturated heterocycles. The number of hydrogen-bond acceptors (Lipinski definition) is 3. The van der Waals surface area contributed by atoms with Gasteiger partial charge in [0.05, 0.1) is 18.8 Å². The van der Waals surface area contributed by atoms with E-state index in [1.54, 1.807) is 0 Å². The van der Waals surface area contributed by atoms with E-state index in [1.165, 1.54) is 18.4 Å². The third-order valence-electron chi connectivity index (χ3n) is 5.90. The Morgan fingerprint density at radius 1 is 1.16 bits per heavy atom. The maximum atomic E-state index is 12.2. The molecule has 1 heterocycles. The number of benzene rings is 1. The van der Waals surface area contributed by atoms with Gasteiger partial charge in [-0.2, -0.15) is 0 Å². The molecule has 1 aromatic carbocycles. The quantitative estimate of drug-likeness (QED) is 0.890. The van der Waals surface area contributed by atoms with Crippen molar-refractivity contribution in [2.24, 2.45) is 5.73 Å². The Bertz CT molecular complexity index is 540. The third kappa shape index (κ3) is 4.62. The fourth-order valence-electron chi connectivity index (χ4n) is 4.34. The largest absolute Gasteiger partial charge is 0.376 e. The molecule has 2 N–H and O–H groups in total. The van der Waals surface area contributed by atoms with Gasteiger partial charge in [-0.3, -0.25) is 4.79 Å². The van der Waals surface area contributed by atoms with Gasteiger partial charge in [-0.1, -0.05) is 37.3 Å². The Hall–Kier alpha value is -1.39. The number of amides is 1. The van der Waals surface area contributed by atoms with Crippen LogP contribution in [0.25, 0.3) is 0 Å². The van der Waals surface area contributed by atoms with E-state index in [0.717, 1.165) is 32.2 Å². The summed E-state index contributed by atoms with van der Waals surface area (Å²) in [5.41, 5.74) is 7.76. The van der Waals surface area contributed by atoms with Gasteiger partial charge in [0.1, 0.15) is 0 Å². The summed E-state index contributed by atoms with van der Waals surface area (Å²) in [6, 6.07) is 10.9. The summed E-state index contributed by atoms with van der Waals surface area (Å²) < 4.78 is 6.23. The molecule has 1 amide bonds. The monoisotopic (exact) mass is 344 g/mol. The lowest BCUT2D eigenvalue weighted by atomic mass is 9.83. The average molecular weight is 344 g/mol. The molecule has 138 valence electrons. The molecule has 1 saturated carbocycles. The van der Waals surface area contributed by atoms with Gasteiger partial charge in [-0.25, -0.2) is 0 Å². The SMILES string of the molecule is CCC(=O)N1CCC[C@H](N)[C@@H]1COC1CCC(c2ccccc2)CC1. The van der Waals surface area contributed by atoms with Crippen LogP contribution in [-0.4, -0.2) is 42.1 Å². The van der Waals surface area contributed by atoms with E-state index in [4.69, 9.17) is 10.5 Å². The van der Waals surface area contributed by atoms with Crippen molar-refractivity contribution in [2.45, 2.75) is 76.0 Å². The van der Waals surface area contributed by atoms with E-state index in [2.05, 4.69) is 30.3 Å². The highest BCUT2D eigenvalue weighted by Crippen LogP contribution is 2.34. The standard InChI is InChI=1S/C21H32N2O2/c1-2-21(24)23-14-6-9-19(22)20(23)15-25-18-12-10-17(11-13-18)16-7-4-3-5-8-16/h3-5,7-8,17-20H,2,6,9-15,22H2,1H3/t17?,18?,19-,20-/m0/s1. The number of carbonyl (C=O) groups is 1. The van der Waals surface area contributed by atoms with Crippen LogP contribution < -0.4 is 5.73 Å². The molecule has 2 atom stereocenters. The molecule has 0 radical (unpaired) electrons. The second kappa shape index (κ2) is 8.81. The lowest BCUT2D eigenvalue weighted by molar-refractivity contribution is -0.138. The van der Waals surface area contributed by atoms with Gasteiger partial charge in [0.2, 0.25) is 5.91 Å². The molecule has 2 aliphatic rings. The van der Waals surface area contributed by atoms with Crippen LogP contribution in [-0.2, 0) is 9.53 Å². The van der Waals surface area contributed by atoms with Crippen molar-refractivity contribution in [3.05, 3.63) is 35.9 Å². The van der Waals surface area contributed by atoms with E-state index in [0.29, 0.717) is 25.0 Å². The van der Waals surface area contributed by atoms with E-state index >= 15 is 0 Å². The number of rotatable bonds is 5. The molecule has 4 nitrogen and oxygen atoms in total. The Labute approximate surface area is 151 Å². The first-order chi connectivity index (χ1) is 12.2. The predicted octanol–water partition coefficient (Wildman–Crippen LogP) is 3.46. The van der Waals surface area contributed by atoms with Gasteiger partial charge in [0.25, 0.3) is 0 Å². The van der Waals surface area contributed by atoms with Crippen molar-refractivity contribution in [3.63, 3.8) is 0 Å². The molecule has 1 aromatic rings. The van der Waals surface area contributed by atoms with E-state index in [9.17, 15) is 4.79 Å². The zero-order valence-corrected chi connectivity index (χ0v) is 15.4. The van der Waals surface area contributed by atoms with Crippen LogP contribution in [0.5, 0.6) is 0 Å². The molecule has 0 bridgehead atoms. The molecule has 4 heteroatoms. The van der Waals surface area contributed by atoms with Crippen LogP contribution >= 0.6 is 0 Å². The molecule has 1 aliphatic heterocycles. The minimum Gasteiger partial charge on any atom is -0.376 e. The second-order valence-corrected chi connectivity index (χ2v) is 7.53. The number of likely N-dealkylation sites (tertiary alicyclic amines) is 1. The molecular weight excluding hydrogens is 312 g/mol.